The molecule has 1 amide bonds. The molecular weight excluding hydrogens is 288 g/mol. The van der Waals surface area contributed by atoms with Gasteiger partial charge >= 0.3 is 12.1 Å². The highest BCUT2D eigenvalue weighted by molar-refractivity contribution is 5.73. The van der Waals surface area contributed by atoms with Crippen LogP contribution in [0.3, 0.4) is 0 Å². The van der Waals surface area contributed by atoms with Gasteiger partial charge in [0.25, 0.3) is 0 Å². The normalized spacial score (nSPS) is 12.6. The molecule has 7 heteroatoms. The number of carbonyl (C=O) groups is 2. The molecule has 1 aromatic rings. The van der Waals surface area contributed by atoms with E-state index >= 15 is 0 Å². The molecule has 122 valence electrons. The van der Waals surface area contributed by atoms with E-state index < -0.39 is 23.7 Å². The van der Waals surface area contributed by atoms with Crippen molar-refractivity contribution in [2.24, 2.45) is 5.73 Å². The van der Waals surface area contributed by atoms with E-state index in [2.05, 4.69) is 5.32 Å². The summed E-state index contributed by atoms with van der Waals surface area (Å²) in [5, 5.41) is 12.0. The fraction of sp³-hybridized carbons (Fsp3) is 0.467. The van der Waals surface area contributed by atoms with Crippen LogP contribution in [0.2, 0.25) is 0 Å². The highest BCUT2D eigenvalue weighted by Gasteiger charge is 2.25. The van der Waals surface area contributed by atoms with E-state index in [4.69, 9.17) is 15.2 Å². The fourth-order valence-electron chi connectivity index (χ4n) is 1.76. The minimum Gasteiger partial charge on any atom is -0.480 e. The molecule has 22 heavy (non-hydrogen) atoms. The fourth-order valence-corrected chi connectivity index (χ4v) is 1.76. The molecule has 1 aromatic carbocycles. The first kappa shape index (κ1) is 17.9. The molecule has 0 aliphatic carbocycles. The van der Waals surface area contributed by atoms with Gasteiger partial charge in [-0.15, -0.1) is 0 Å². The van der Waals surface area contributed by atoms with Gasteiger partial charge in [0.05, 0.1) is 13.2 Å². The van der Waals surface area contributed by atoms with Crippen LogP contribution in [-0.2, 0) is 20.9 Å². The molecule has 0 bridgehead atoms. The zero-order valence-corrected chi connectivity index (χ0v) is 12.7. The van der Waals surface area contributed by atoms with E-state index in [9.17, 15) is 14.7 Å². The molecule has 4 N–H and O–H groups in total. The van der Waals surface area contributed by atoms with Crippen LogP contribution in [0.4, 0.5) is 4.79 Å². The van der Waals surface area contributed by atoms with Crippen LogP contribution < -0.4 is 11.1 Å². The van der Waals surface area contributed by atoms with Crippen LogP contribution >= 0.6 is 0 Å². The standard InChI is InChI=1S/C15H22N2O5/c1-15(2,22-14(16)20)10-17-12(13(18)19)9-21-8-11-6-4-3-5-7-11/h3-7,12,17H,8-10H2,1-2H3,(H2,16,20)(H,18,19)/t12-/m0/s1. The second-order valence-electron chi connectivity index (χ2n) is 5.45. The molecule has 0 aliphatic rings. The van der Waals surface area contributed by atoms with Gasteiger partial charge in [-0.25, -0.2) is 4.79 Å². The van der Waals surface area contributed by atoms with Gasteiger partial charge < -0.3 is 20.3 Å². The summed E-state index contributed by atoms with van der Waals surface area (Å²) in [5.74, 6) is -1.04. The molecule has 0 radical (unpaired) electrons. The van der Waals surface area contributed by atoms with Crippen molar-refractivity contribution >= 4 is 12.1 Å². The van der Waals surface area contributed by atoms with Crippen LogP contribution in [-0.4, -0.2) is 42.0 Å². The summed E-state index contributed by atoms with van der Waals surface area (Å²) in [5.41, 5.74) is 5.02. The highest BCUT2D eigenvalue weighted by atomic mass is 16.6. The summed E-state index contributed by atoms with van der Waals surface area (Å²) in [6.07, 6.45) is -0.904. The lowest BCUT2D eigenvalue weighted by Gasteiger charge is -2.26. The first-order valence-corrected chi connectivity index (χ1v) is 6.86. The zero-order chi connectivity index (χ0) is 16.6. The summed E-state index contributed by atoms with van der Waals surface area (Å²) < 4.78 is 10.3. The van der Waals surface area contributed by atoms with E-state index in [1.54, 1.807) is 13.8 Å². The van der Waals surface area contributed by atoms with Crippen molar-refractivity contribution in [3.8, 4) is 0 Å². The van der Waals surface area contributed by atoms with Crippen molar-refractivity contribution in [1.29, 1.82) is 0 Å². The molecule has 0 unspecified atom stereocenters. The number of nitrogens with one attached hydrogen (secondary N) is 1. The van der Waals surface area contributed by atoms with Gasteiger partial charge in [-0.3, -0.25) is 10.1 Å². The number of carboxylic acid groups (broad SMARTS) is 1. The molecule has 0 heterocycles. The maximum absolute atomic E-state index is 11.2. The Kier molecular flexibility index (Phi) is 6.81. The predicted molar refractivity (Wildman–Crippen MR) is 80.3 cm³/mol. The van der Waals surface area contributed by atoms with Crippen LogP contribution in [0, 0.1) is 0 Å². The SMILES string of the molecule is CC(C)(CN[C@@H](COCc1ccccc1)C(=O)O)OC(N)=O. The number of amides is 1. The Balaban J connectivity index is 2.42. The van der Waals surface area contributed by atoms with Crippen molar-refractivity contribution in [2.45, 2.75) is 32.1 Å². The van der Waals surface area contributed by atoms with E-state index in [0.29, 0.717) is 6.61 Å². The molecular formula is C15H22N2O5. The van der Waals surface area contributed by atoms with Crippen LogP contribution in [0.25, 0.3) is 0 Å². The molecule has 0 aromatic heterocycles. The van der Waals surface area contributed by atoms with Gasteiger partial charge in [0, 0.05) is 6.54 Å². The van der Waals surface area contributed by atoms with Gasteiger partial charge in [0.1, 0.15) is 11.6 Å². The van der Waals surface area contributed by atoms with Gasteiger partial charge in [0.2, 0.25) is 0 Å². The lowest BCUT2D eigenvalue weighted by atomic mass is 10.1. The molecule has 7 nitrogen and oxygen atoms in total. The monoisotopic (exact) mass is 310 g/mol. The summed E-state index contributed by atoms with van der Waals surface area (Å²) in [7, 11) is 0. The number of rotatable bonds is 9. The molecule has 0 fully saturated rings. The smallest absolute Gasteiger partial charge is 0.405 e. The maximum atomic E-state index is 11.2. The second-order valence-corrected chi connectivity index (χ2v) is 5.45. The zero-order valence-electron chi connectivity index (χ0n) is 12.7. The minimum atomic E-state index is -1.04. The van der Waals surface area contributed by atoms with Gasteiger partial charge in [-0.1, -0.05) is 30.3 Å². The number of carboxylic acids is 1. The largest absolute Gasteiger partial charge is 0.480 e. The lowest BCUT2D eigenvalue weighted by molar-refractivity contribution is -0.141. The molecule has 0 spiro atoms. The number of nitrogens with two attached hydrogens (primary N) is 1. The summed E-state index contributed by atoms with van der Waals surface area (Å²) >= 11 is 0. The number of primary amides is 1. The van der Waals surface area contributed by atoms with E-state index in [0.717, 1.165) is 5.56 Å². The Bertz CT molecular complexity index is 490. The summed E-state index contributed by atoms with van der Waals surface area (Å²) in [6.45, 7) is 3.73. The topological polar surface area (TPSA) is 111 Å². The van der Waals surface area contributed by atoms with Gasteiger partial charge in [0.15, 0.2) is 0 Å². The van der Waals surface area contributed by atoms with Crippen LogP contribution in [0.5, 0.6) is 0 Å². The maximum Gasteiger partial charge on any atom is 0.405 e. The minimum absolute atomic E-state index is 0.00310. The van der Waals surface area contributed by atoms with Crippen molar-refractivity contribution in [2.75, 3.05) is 13.2 Å². The first-order chi connectivity index (χ1) is 10.3. The predicted octanol–water partition coefficient (Wildman–Crippen LogP) is 1.12. The van der Waals surface area contributed by atoms with Crippen LogP contribution in [0.15, 0.2) is 30.3 Å². The van der Waals surface area contributed by atoms with E-state index in [1.165, 1.54) is 0 Å². The molecule has 0 aliphatic heterocycles. The lowest BCUT2D eigenvalue weighted by Crippen LogP contribution is -2.48. The van der Waals surface area contributed by atoms with Crippen LogP contribution in [0.1, 0.15) is 19.4 Å². The number of hydrogen-bond acceptors (Lipinski definition) is 5. The number of hydrogen-bond donors (Lipinski definition) is 3. The number of carbonyl (C=O) groups excluding carboxylic acids is 1. The first-order valence-electron chi connectivity index (χ1n) is 6.86. The number of benzene rings is 1. The van der Waals surface area contributed by atoms with Crippen molar-refractivity contribution in [1.82, 2.24) is 5.32 Å². The summed E-state index contributed by atoms with van der Waals surface area (Å²) in [6, 6.07) is 8.55. The number of ether oxygens (including phenoxy) is 2. The third-order valence-corrected chi connectivity index (χ3v) is 2.85. The van der Waals surface area contributed by atoms with Crippen molar-refractivity contribution in [3.05, 3.63) is 35.9 Å². The van der Waals surface area contributed by atoms with E-state index in [-0.39, 0.29) is 13.2 Å². The highest BCUT2D eigenvalue weighted by Crippen LogP contribution is 2.08. The average Bonchev–Trinajstić information content (AvgIpc) is 2.41. The number of aliphatic carboxylic acids is 1. The molecule has 0 saturated heterocycles. The Hall–Kier alpha value is -2.12. The van der Waals surface area contributed by atoms with Crippen molar-refractivity contribution < 1.29 is 24.2 Å². The third-order valence-electron chi connectivity index (χ3n) is 2.85. The Morgan fingerprint density at radius 2 is 1.95 bits per heavy atom. The quantitative estimate of drug-likeness (QED) is 0.630. The Morgan fingerprint density at radius 3 is 2.50 bits per heavy atom. The average molecular weight is 310 g/mol. The third kappa shape index (κ3) is 7.05. The summed E-state index contributed by atoms with van der Waals surface area (Å²) in [4.78, 5) is 22.0. The molecule has 1 atom stereocenters. The van der Waals surface area contributed by atoms with Gasteiger partial charge in [-0.05, 0) is 19.4 Å². The molecule has 0 saturated carbocycles. The van der Waals surface area contributed by atoms with Gasteiger partial charge in [-0.2, -0.15) is 0 Å². The second kappa shape index (κ2) is 8.35. The van der Waals surface area contributed by atoms with Crippen molar-refractivity contribution in [3.63, 3.8) is 0 Å². The Labute approximate surface area is 129 Å². The molecule has 1 rings (SSSR count). The van der Waals surface area contributed by atoms with E-state index in [1.807, 2.05) is 30.3 Å². The Morgan fingerprint density at radius 1 is 1.32 bits per heavy atom.